The summed E-state index contributed by atoms with van der Waals surface area (Å²) in [6.45, 7) is 3.64. The van der Waals surface area contributed by atoms with Crippen LogP contribution in [0.4, 0.5) is 11.4 Å². The number of carbonyl (C=O) groups excluding carboxylic acids is 1. The molecular weight excluding hydrogens is 470 g/mol. The average molecular weight is 494 g/mol. The zero-order chi connectivity index (χ0) is 25.5. The van der Waals surface area contributed by atoms with Crippen molar-refractivity contribution >= 4 is 38.3 Å². The van der Waals surface area contributed by atoms with E-state index in [1.54, 1.807) is 0 Å². The molecule has 4 rings (SSSR count). The highest BCUT2D eigenvalue weighted by atomic mass is 32.2. The van der Waals surface area contributed by atoms with Gasteiger partial charge in [-0.25, -0.2) is 18.2 Å². The molecule has 0 radical (unpaired) electrons. The first-order valence-electron chi connectivity index (χ1n) is 10.6. The van der Waals surface area contributed by atoms with Gasteiger partial charge >= 0.3 is 5.69 Å². The molecule has 0 spiro atoms. The second kappa shape index (κ2) is 8.84. The number of sulfonamides is 1. The highest BCUT2D eigenvalue weighted by Crippen LogP contribution is 2.24. The fourth-order valence-electron chi connectivity index (χ4n) is 3.66. The molecule has 1 amide bonds. The Morgan fingerprint density at radius 1 is 0.886 bits per heavy atom. The SMILES string of the molecule is Cc1cccc(C)c1NS(=O)(=O)c1ccc(NC(=O)c2ccc3c(=O)n(C)c(=O)n(C)c3n2)cc1. The molecular formula is C24H23N5O5S. The van der Waals surface area contributed by atoms with E-state index >= 15 is 0 Å². The second-order valence-electron chi connectivity index (χ2n) is 8.12. The van der Waals surface area contributed by atoms with Gasteiger partial charge in [0.1, 0.15) is 11.3 Å². The number of aromatic nitrogens is 3. The van der Waals surface area contributed by atoms with Gasteiger partial charge in [0.25, 0.3) is 21.5 Å². The lowest BCUT2D eigenvalue weighted by Gasteiger charge is -2.13. The first-order chi connectivity index (χ1) is 16.5. The number of fused-ring (bicyclic) bond motifs is 1. The molecule has 2 N–H and O–H groups in total. The predicted molar refractivity (Wildman–Crippen MR) is 133 cm³/mol. The van der Waals surface area contributed by atoms with Gasteiger partial charge in [0, 0.05) is 19.8 Å². The van der Waals surface area contributed by atoms with Crippen molar-refractivity contribution in [3.8, 4) is 0 Å². The Bertz CT molecular complexity index is 1680. The van der Waals surface area contributed by atoms with Crippen LogP contribution in [-0.2, 0) is 24.1 Å². The summed E-state index contributed by atoms with van der Waals surface area (Å²) in [4.78, 5) is 41.4. The van der Waals surface area contributed by atoms with Crippen molar-refractivity contribution in [1.29, 1.82) is 0 Å². The summed E-state index contributed by atoms with van der Waals surface area (Å²) in [5.74, 6) is -0.579. The summed E-state index contributed by atoms with van der Waals surface area (Å²) in [5.41, 5.74) is 1.50. The summed E-state index contributed by atoms with van der Waals surface area (Å²) >= 11 is 0. The van der Waals surface area contributed by atoms with Crippen LogP contribution in [-0.4, -0.2) is 28.4 Å². The van der Waals surface area contributed by atoms with E-state index in [9.17, 15) is 22.8 Å². The summed E-state index contributed by atoms with van der Waals surface area (Å²) in [6, 6.07) is 14.0. The van der Waals surface area contributed by atoms with E-state index in [2.05, 4.69) is 15.0 Å². The van der Waals surface area contributed by atoms with Crippen LogP contribution in [0.5, 0.6) is 0 Å². The van der Waals surface area contributed by atoms with Gasteiger partial charge in [-0.05, 0) is 61.4 Å². The van der Waals surface area contributed by atoms with Crippen LogP contribution in [0.2, 0.25) is 0 Å². The Balaban J connectivity index is 1.57. The Kier molecular flexibility index (Phi) is 6.03. The highest BCUT2D eigenvalue weighted by Gasteiger charge is 2.18. The number of amides is 1. The maximum Gasteiger partial charge on any atom is 0.332 e. The molecule has 4 aromatic rings. The number of carbonyl (C=O) groups is 1. The molecule has 2 aromatic heterocycles. The number of para-hydroxylation sites is 1. The summed E-state index contributed by atoms with van der Waals surface area (Å²) in [5, 5.41) is 2.85. The molecule has 180 valence electrons. The van der Waals surface area contributed by atoms with Crippen molar-refractivity contribution < 1.29 is 13.2 Å². The Morgan fingerprint density at radius 2 is 1.51 bits per heavy atom. The lowest BCUT2D eigenvalue weighted by molar-refractivity contribution is 0.102. The van der Waals surface area contributed by atoms with Crippen molar-refractivity contribution in [2.45, 2.75) is 18.7 Å². The molecule has 0 fully saturated rings. The van der Waals surface area contributed by atoms with Crippen LogP contribution in [0, 0.1) is 13.8 Å². The summed E-state index contributed by atoms with van der Waals surface area (Å²) in [6.07, 6.45) is 0. The van der Waals surface area contributed by atoms with Crippen LogP contribution in [0.3, 0.4) is 0 Å². The zero-order valence-corrected chi connectivity index (χ0v) is 20.3. The standard InChI is InChI=1S/C24H23N5O5S/c1-14-6-5-7-15(2)20(14)27-35(33,34)17-10-8-16(9-11-17)25-22(30)19-13-12-18-21(26-19)28(3)24(32)29(4)23(18)31/h5-13,27H,1-4H3,(H,25,30). The number of anilines is 2. The van der Waals surface area contributed by atoms with Gasteiger partial charge in [0.15, 0.2) is 0 Å². The molecule has 10 nitrogen and oxygen atoms in total. The van der Waals surface area contributed by atoms with Crippen molar-refractivity contribution in [3.05, 3.63) is 92.3 Å². The number of hydrogen-bond donors (Lipinski definition) is 2. The first-order valence-corrected chi connectivity index (χ1v) is 12.0. The third-order valence-electron chi connectivity index (χ3n) is 5.67. The third-order valence-corrected chi connectivity index (χ3v) is 7.04. The molecule has 0 saturated heterocycles. The molecule has 2 heterocycles. The summed E-state index contributed by atoms with van der Waals surface area (Å²) in [7, 11) is -1.01. The van der Waals surface area contributed by atoms with Crippen molar-refractivity contribution in [3.63, 3.8) is 0 Å². The number of pyridine rings is 1. The quantitative estimate of drug-likeness (QED) is 0.438. The van der Waals surface area contributed by atoms with Gasteiger partial charge in [0.2, 0.25) is 0 Å². The van der Waals surface area contributed by atoms with Crippen LogP contribution < -0.4 is 21.3 Å². The molecule has 2 aromatic carbocycles. The smallest absolute Gasteiger partial charge is 0.321 e. The molecule has 35 heavy (non-hydrogen) atoms. The minimum absolute atomic E-state index is 0.00542. The zero-order valence-electron chi connectivity index (χ0n) is 19.5. The monoisotopic (exact) mass is 493 g/mol. The minimum Gasteiger partial charge on any atom is -0.321 e. The van der Waals surface area contributed by atoms with E-state index in [0.717, 1.165) is 15.7 Å². The molecule has 0 aliphatic carbocycles. The van der Waals surface area contributed by atoms with Crippen molar-refractivity contribution in [2.24, 2.45) is 14.1 Å². The van der Waals surface area contributed by atoms with Crippen LogP contribution in [0.15, 0.2) is 69.1 Å². The number of nitrogens with one attached hydrogen (secondary N) is 2. The van der Waals surface area contributed by atoms with E-state index < -0.39 is 27.2 Å². The van der Waals surface area contributed by atoms with Gasteiger partial charge in [-0.1, -0.05) is 18.2 Å². The van der Waals surface area contributed by atoms with Gasteiger partial charge < -0.3 is 5.32 Å². The van der Waals surface area contributed by atoms with Crippen molar-refractivity contribution in [2.75, 3.05) is 10.0 Å². The third kappa shape index (κ3) is 4.45. The second-order valence-corrected chi connectivity index (χ2v) is 9.81. The molecule has 0 aliphatic rings. The maximum atomic E-state index is 12.8. The van der Waals surface area contributed by atoms with Gasteiger partial charge in [0.05, 0.1) is 16.0 Å². The molecule has 0 unspecified atom stereocenters. The Hall–Kier alpha value is -4.25. The average Bonchev–Trinajstić information content (AvgIpc) is 2.83. The van der Waals surface area contributed by atoms with E-state index in [-0.39, 0.29) is 21.6 Å². The van der Waals surface area contributed by atoms with E-state index in [1.807, 2.05) is 32.0 Å². The van der Waals surface area contributed by atoms with Crippen LogP contribution in [0.25, 0.3) is 11.0 Å². The highest BCUT2D eigenvalue weighted by molar-refractivity contribution is 7.92. The summed E-state index contributed by atoms with van der Waals surface area (Å²) < 4.78 is 30.4. The van der Waals surface area contributed by atoms with Gasteiger partial charge in [-0.3, -0.25) is 23.4 Å². The molecule has 0 saturated carbocycles. The topological polar surface area (TPSA) is 132 Å². The molecule has 0 bridgehead atoms. The number of benzene rings is 2. The van der Waals surface area contributed by atoms with Crippen LogP contribution in [0.1, 0.15) is 21.6 Å². The lowest BCUT2D eigenvalue weighted by atomic mass is 10.1. The number of rotatable bonds is 5. The Labute approximate surface area is 200 Å². The molecule has 0 atom stereocenters. The molecule has 0 aliphatic heterocycles. The van der Waals surface area contributed by atoms with E-state index in [1.165, 1.54) is 55.1 Å². The lowest BCUT2D eigenvalue weighted by Crippen LogP contribution is -2.37. The minimum atomic E-state index is -3.84. The van der Waals surface area contributed by atoms with Gasteiger partial charge in [-0.2, -0.15) is 0 Å². The van der Waals surface area contributed by atoms with E-state index in [0.29, 0.717) is 11.4 Å². The number of aryl methyl sites for hydroxylation is 3. The van der Waals surface area contributed by atoms with Crippen molar-refractivity contribution in [1.82, 2.24) is 14.1 Å². The Morgan fingerprint density at radius 3 is 2.14 bits per heavy atom. The number of hydrogen-bond acceptors (Lipinski definition) is 6. The fourth-order valence-corrected chi connectivity index (χ4v) is 4.86. The molecule has 11 heteroatoms. The van der Waals surface area contributed by atoms with Crippen LogP contribution >= 0.6 is 0 Å². The maximum absolute atomic E-state index is 12.8. The van der Waals surface area contributed by atoms with Gasteiger partial charge in [-0.15, -0.1) is 0 Å². The predicted octanol–water partition coefficient (Wildman–Crippen LogP) is 2.30. The fraction of sp³-hybridized carbons (Fsp3) is 0.167. The van der Waals surface area contributed by atoms with E-state index in [4.69, 9.17) is 0 Å². The number of nitrogens with zero attached hydrogens (tertiary/aromatic N) is 3. The largest absolute Gasteiger partial charge is 0.332 e. The first kappa shape index (κ1) is 23.9. The normalized spacial score (nSPS) is 11.4.